The Morgan fingerprint density at radius 1 is 1.38 bits per heavy atom. The molecule has 1 aromatic rings. The molecule has 29 heavy (non-hydrogen) atoms. The Bertz CT molecular complexity index is 821. The van der Waals surface area contributed by atoms with Gasteiger partial charge in [0.15, 0.2) is 0 Å². The number of hydrogen-bond donors (Lipinski definition) is 2. The molecule has 1 amide bonds. The first-order valence-corrected chi connectivity index (χ1v) is 10.3. The number of carbonyl (C=O) groups excluding carboxylic acids is 1. The van der Waals surface area contributed by atoms with Gasteiger partial charge in [0.2, 0.25) is 5.91 Å². The van der Waals surface area contributed by atoms with Crippen LogP contribution in [0.3, 0.4) is 0 Å². The number of rotatable bonds is 9. The molecular formula is C21H26Cl2N2O4. The summed E-state index contributed by atoms with van der Waals surface area (Å²) in [6, 6.07) is 5.11. The lowest BCUT2D eigenvalue weighted by atomic mass is 9.90. The van der Waals surface area contributed by atoms with Crippen LogP contribution in [0, 0.1) is 5.92 Å². The number of methoxy groups -OCH3 is 1. The van der Waals surface area contributed by atoms with Crippen molar-refractivity contribution in [2.24, 2.45) is 10.9 Å². The minimum atomic E-state index is -1.11. The van der Waals surface area contributed by atoms with Crippen LogP contribution in [0.15, 0.2) is 34.8 Å². The van der Waals surface area contributed by atoms with E-state index in [2.05, 4.69) is 10.3 Å². The van der Waals surface area contributed by atoms with E-state index in [4.69, 9.17) is 32.7 Å². The van der Waals surface area contributed by atoms with Crippen LogP contribution in [-0.2, 0) is 19.9 Å². The molecule has 2 atom stereocenters. The minimum Gasteiger partial charge on any atom is -0.388 e. The fourth-order valence-corrected chi connectivity index (χ4v) is 3.94. The van der Waals surface area contributed by atoms with Gasteiger partial charge in [0.05, 0.1) is 25.4 Å². The van der Waals surface area contributed by atoms with E-state index in [9.17, 15) is 9.90 Å². The number of aliphatic imine (C=N–C) groups is 1. The average molecular weight is 441 g/mol. The molecule has 3 rings (SSSR count). The van der Waals surface area contributed by atoms with Crippen molar-refractivity contribution < 1.29 is 19.4 Å². The Morgan fingerprint density at radius 2 is 2.14 bits per heavy atom. The summed E-state index contributed by atoms with van der Waals surface area (Å²) in [4.78, 5) is 17.1. The monoisotopic (exact) mass is 440 g/mol. The molecule has 2 unspecified atom stereocenters. The second-order valence-corrected chi connectivity index (χ2v) is 8.56. The SMILES string of the molecule is COCCOC1(c2ccc(Cl)cc2Cl)C=NCC(C(=O)NCC(C)(O)C2CC2)=C1. The zero-order valence-electron chi connectivity index (χ0n) is 16.6. The van der Waals surface area contributed by atoms with Crippen LogP contribution in [-0.4, -0.2) is 56.2 Å². The molecule has 1 aromatic carbocycles. The van der Waals surface area contributed by atoms with E-state index in [1.165, 1.54) is 0 Å². The van der Waals surface area contributed by atoms with Crippen molar-refractivity contribution in [2.45, 2.75) is 31.0 Å². The van der Waals surface area contributed by atoms with E-state index >= 15 is 0 Å². The number of carbonyl (C=O) groups is 1. The lowest BCUT2D eigenvalue weighted by Gasteiger charge is -2.32. The topological polar surface area (TPSA) is 80.2 Å². The lowest BCUT2D eigenvalue weighted by molar-refractivity contribution is -0.119. The Morgan fingerprint density at radius 3 is 2.79 bits per heavy atom. The van der Waals surface area contributed by atoms with Crippen molar-refractivity contribution in [1.29, 1.82) is 0 Å². The van der Waals surface area contributed by atoms with Crippen LogP contribution >= 0.6 is 23.2 Å². The summed E-state index contributed by atoms with van der Waals surface area (Å²) in [6.07, 6.45) is 5.35. The number of benzene rings is 1. The molecule has 158 valence electrons. The largest absolute Gasteiger partial charge is 0.388 e. The van der Waals surface area contributed by atoms with E-state index < -0.39 is 11.2 Å². The summed E-state index contributed by atoms with van der Waals surface area (Å²) in [6.45, 7) is 2.82. The van der Waals surface area contributed by atoms with Crippen LogP contribution in [0.1, 0.15) is 25.3 Å². The maximum Gasteiger partial charge on any atom is 0.249 e. The van der Waals surface area contributed by atoms with E-state index in [-0.39, 0.29) is 31.5 Å². The average Bonchev–Trinajstić information content (AvgIpc) is 3.52. The number of hydrogen-bond acceptors (Lipinski definition) is 5. The second kappa shape index (κ2) is 9.14. The molecule has 0 radical (unpaired) electrons. The Kier molecular flexibility index (Phi) is 7.02. The molecule has 1 heterocycles. The molecule has 1 fully saturated rings. The maximum atomic E-state index is 12.8. The van der Waals surface area contributed by atoms with Gasteiger partial charge in [-0.25, -0.2) is 0 Å². The molecule has 0 bridgehead atoms. The molecule has 2 aliphatic rings. The van der Waals surface area contributed by atoms with Crippen LogP contribution in [0.4, 0.5) is 0 Å². The molecule has 1 aliphatic carbocycles. The first-order valence-electron chi connectivity index (χ1n) is 9.59. The predicted molar refractivity (Wildman–Crippen MR) is 114 cm³/mol. The standard InChI is InChI=1S/C21H26Cl2N2O4/c1-20(27,15-3-4-15)12-25-19(26)14-10-21(13-24-11-14,29-8-7-28-2)17-6-5-16(22)9-18(17)23/h5-6,9-10,13,15,27H,3-4,7-8,11-12H2,1-2H3,(H,25,26). The molecule has 8 heteroatoms. The normalized spacial score (nSPS) is 23.4. The number of dihydropyridines is 1. The number of nitrogens with one attached hydrogen (secondary N) is 1. The Balaban J connectivity index is 1.84. The number of ether oxygens (including phenoxy) is 2. The first-order chi connectivity index (χ1) is 13.8. The third kappa shape index (κ3) is 5.38. The molecule has 1 aliphatic heterocycles. The van der Waals surface area contributed by atoms with Gasteiger partial charge < -0.3 is 19.9 Å². The van der Waals surface area contributed by atoms with E-state index in [0.29, 0.717) is 27.8 Å². The molecule has 0 aromatic heterocycles. The zero-order valence-corrected chi connectivity index (χ0v) is 18.1. The highest BCUT2D eigenvalue weighted by Gasteiger charge is 2.40. The summed E-state index contributed by atoms with van der Waals surface area (Å²) in [5.41, 5.74) is -0.926. The van der Waals surface area contributed by atoms with Crippen molar-refractivity contribution in [3.05, 3.63) is 45.5 Å². The van der Waals surface area contributed by atoms with Crippen molar-refractivity contribution >= 4 is 35.3 Å². The lowest BCUT2D eigenvalue weighted by Crippen LogP contribution is -2.44. The summed E-state index contributed by atoms with van der Waals surface area (Å²) in [7, 11) is 1.58. The quantitative estimate of drug-likeness (QED) is 0.577. The van der Waals surface area contributed by atoms with Crippen molar-refractivity contribution in [3.8, 4) is 0 Å². The third-order valence-corrected chi connectivity index (χ3v) is 5.82. The second-order valence-electron chi connectivity index (χ2n) is 7.71. The van der Waals surface area contributed by atoms with Crippen LogP contribution in [0.5, 0.6) is 0 Å². The number of aliphatic hydroxyl groups is 1. The van der Waals surface area contributed by atoms with Crippen molar-refractivity contribution in [2.75, 3.05) is 33.4 Å². The molecule has 1 saturated carbocycles. The highest BCUT2D eigenvalue weighted by molar-refractivity contribution is 6.35. The smallest absolute Gasteiger partial charge is 0.249 e. The van der Waals surface area contributed by atoms with Gasteiger partial charge in [-0.3, -0.25) is 9.79 Å². The molecule has 0 spiro atoms. The van der Waals surface area contributed by atoms with Gasteiger partial charge in [0, 0.05) is 41.1 Å². The van der Waals surface area contributed by atoms with Crippen molar-refractivity contribution in [3.63, 3.8) is 0 Å². The van der Waals surface area contributed by atoms with Gasteiger partial charge in [-0.2, -0.15) is 0 Å². The van der Waals surface area contributed by atoms with E-state index in [0.717, 1.165) is 12.8 Å². The van der Waals surface area contributed by atoms with Gasteiger partial charge >= 0.3 is 0 Å². The summed E-state index contributed by atoms with van der Waals surface area (Å²) >= 11 is 12.5. The van der Waals surface area contributed by atoms with Crippen LogP contribution in [0.2, 0.25) is 10.0 Å². The van der Waals surface area contributed by atoms with Crippen molar-refractivity contribution in [1.82, 2.24) is 5.32 Å². The fourth-order valence-electron chi connectivity index (χ4n) is 3.39. The molecule has 6 nitrogen and oxygen atoms in total. The van der Waals surface area contributed by atoms with Gasteiger partial charge in [0.25, 0.3) is 0 Å². The Labute approximate surface area is 180 Å². The third-order valence-electron chi connectivity index (χ3n) is 5.27. The highest BCUT2D eigenvalue weighted by atomic mass is 35.5. The molecular weight excluding hydrogens is 415 g/mol. The maximum absolute atomic E-state index is 12.8. The number of halogens is 2. The summed E-state index contributed by atoms with van der Waals surface area (Å²) in [5, 5.41) is 14.2. The first kappa shape index (κ1) is 22.2. The number of nitrogens with zero attached hydrogens (tertiary/aromatic N) is 1. The zero-order chi connectivity index (χ0) is 21.1. The molecule has 0 saturated heterocycles. The van der Waals surface area contributed by atoms with Gasteiger partial charge in [0.1, 0.15) is 5.60 Å². The minimum absolute atomic E-state index is 0.191. The van der Waals surface area contributed by atoms with Gasteiger partial charge in [-0.1, -0.05) is 29.3 Å². The van der Waals surface area contributed by atoms with Gasteiger partial charge in [-0.15, -0.1) is 0 Å². The highest BCUT2D eigenvalue weighted by Crippen LogP contribution is 2.39. The van der Waals surface area contributed by atoms with Crippen LogP contribution < -0.4 is 5.32 Å². The molecule has 2 N–H and O–H groups in total. The van der Waals surface area contributed by atoms with Gasteiger partial charge in [-0.05, 0) is 43.9 Å². The summed E-state index contributed by atoms with van der Waals surface area (Å²) in [5.74, 6) is -0.0434. The Hall–Kier alpha value is -1.44. The predicted octanol–water partition coefficient (Wildman–Crippen LogP) is 3.14. The van der Waals surface area contributed by atoms with Crippen LogP contribution in [0.25, 0.3) is 0 Å². The summed E-state index contributed by atoms with van der Waals surface area (Å²) < 4.78 is 11.2. The fraction of sp³-hybridized carbons (Fsp3) is 0.524. The van der Waals surface area contributed by atoms with E-state index in [1.54, 1.807) is 44.5 Å². The van der Waals surface area contributed by atoms with E-state index in [1.807, 2.05) is 0 Å². The number of amides is 1.